The van der Waals surface area contributed by atoms with Crippen LogP contribution >= 0.6 is 0 Å². The zero-order valence-corrected chi connectivity index (χ0v) is 19.1. The van der Waals surface area contributed by atoms with E-state index in [2.05, 4.69) is 87.3 Å². The molecule has 2 aromatic carbocycles. The summed E-state index contributed by atoms with van der Waals surface area (Å²) >= 11 is 0. The molecule has 1 fully saturated rings. The molecule has 1 aromatic heterocycles. The van der Waals surface area contributed by atoms with Crippen LogP contribution in [0.25, 0.3) is 22.4 Å². The van der Waals surface area contributed by atoms with E-state index in [9.17, 15) is 0 Å². The predicted molar refractivity (Wildman–Crippen MR) is 128 cm³/mol. The first-order valence-corrected chi connectivity index (χ1v) is 14.1. The molecule has 0 radical (unpaired) electrons. The molecule has 150 valence electrons. The van der Waals surface area contributed by atoms with Crippen molar-refractivity contribution in [3.63, 3.8) is 0 Å². The average molecular weight is 400 g/mol. The molecule has 1 saturated heterocycles. The van der Waals surface area contributed by atoms with Crippen molar-refractivity contribution in [1.29, 1.82) is 0 Å². The van der Waals surface area contributed by atoms with E-state index in [1.807, 2.05) is 0 Å². The molecule has 0 saturated carbocycles. The maximum Gasteiger partial charge on any atom is 0.0860 e. The van der Waals surface area contributed by atoms with Crippen molar-refractivity contribution in [2.75, 3.05) is 0 Å². The van der Waals surface area contributed by atoms with Gasteiger partial charge in [-0.15, -0.1) is 0 Å². The summed E-state index contributed by atoms with van der Waals surface area (Å²) in [7, 11) is -1.36. The van der Waals surface area contributed by atoms with Crippen LogP contribution < -0.4 is 5.19 Å². The Bertz CT molecular complexity index is 938. The molecule has 1 aliphatic heterocycles. The Morgan fingerprint density at radius 1 is 0.828 bits per heavy atom. The standard InChI is InChI=1S/C27H33NSi/c1-21(2)18-25-19-26(28-20-27(25)29(3)16-8-5-9-17-29)24-14-12-23(13-15-24)22-10-6-4-7-11-22/h4,6-7,10-15,19-21H,5,8-9,16-18H2,1-3H3. The van der Waals surface area contributed by atoms with Crippen molar-refractivity contribution in [2.45, 2.75) is 58.2 Å². The fourth-order valence-corrected chi connectivity index (χ4v) is 9.05. The molecule has 3 aromatic rings. The van der Waals surface area contributed by atoms with Crippen LogP contribution in [0.5, 0.6) is 0 Å². The normalized spacial score (nSPS) is 16.1. The van der Waals surface area contributed by atoms with Gasteiger partial charge in [0.2, 0.25) is 0 Å². The minimum atomic E-state index is -1.36. The second-order valence-corrected chi connectivity index (χ2v) is 14.0. The average Bonchev–Trinajstić information content (AvgIpc) is 2.74. The Kier molecular flexibility index (Phi) is 6.01. The third kappa shape index (κ3) is 4.53. The first kappa shape index (κ1) is 20.1. The largest absolute Gasteiger partial charge is 0.256 e. The molecule has 0 amide bonds. The van der Waals surface area contributed by atoms with Gasteiger partial charge in [-0.1, -0.05) is 106 Å². The number of hydrogen-bond donors (Lipinski definition) is 0. The lowest BCUT2D eigenvalue weighted by molar-refractivity contribution is 0.648. The highest BCUT2D eigenvalue weighted by molar-refractivity contribution is 6.91. The molecule has 1 nitrogen and oxygen atoms in total. The molecule has 0 atom stereocenters. The van der Waals surface area contributed by atoms with Gasteiger partial charge in [-0.2, -0.15) is 0 Å². The van der Waals surface area contributed by atoms with Crippen molar-refractivity contribution in [1.82, 2.24) is 4.98 Å². The Labute approximate surface area is 177 Å². The molecule has 2 heteroatoms. The minimum absolute atomic E-state index is 0.672. The number of aromatic nitrogens is 1. The van der Waals surface area contributed by atoms with E-state index in [-0.39, 0.29) is 0 Å². The molecule has 0 N–H and O–H groups in total. The number of hydrogen-bond acceptors (Lipinski definition) is 1. The van der Waals surface area contributed by atoms with E-state index in [0.29, 0.717) is 5.92 Å². The SMILES string of the molecule is CC(C)Cc1cc(-c2ccc(-c3ccccc3)cc2)ncc1[Si]1(C)CCCCC1. The monoisotopic (exact) mass is 399 g/mol. The van der Waals surface area contributed by atoms with Crippen LogP contribution in [0.3, 0.4) is 0 Å². The second kappa shape index (κ2) is 8.67. The number of benzene rings is 2. The van der Waals surface area contributed by atoms with E-state index in [4.69, 9.17) is 4.98 Å². The van der Waals surface area contributed by atoms with E-state index in [0.717, 1.165) is 12.1 Å². The Morgan fingerprint density at radius 2 is 1.45 bits per heavy atom. The van der Waals surface area contributed by atoms with Gasteiger partial charge in [-0.3, -0.25) is 4.98 Å². The second-order valence-electron chi connectivity index (χ2n) is 9.39. The van der Waals surface area contributed by atoms with Gasteiger partial charge in [0.05, 0.1) is 13.8 Å². The van der Waals surface area contributed by atoms with Crippen molar-refractivity contribution in [3.8, 4) is 22.4 Å². The van der Waals surface area contributed by atoms with Crippen molar-refractivity contribution >= 4 is 13.3 Å². The van der Waals surface area contributed by atoms with Crippen LogP contribution in [-0.4, -0.2) is 13.1 Å². The molecule has 1 aliphatic rings. The van der Waals surface area contributed by atoms with E-state index < -0.39 is 8.07 Å². The Balaban J connectivity index is 1.67. The molecular formula is C27H33NSi. The topological polar surface area (TPSA) is 12.9 Å². The lowest BCUT2D eigenvalue weighted by Gasteiger charge is -2.34. The van der Waals surface area contributed by atoms with Gasteiger partial charge in [0, 0.05) is 11.8 Å². The van der Waals surface area contributed by atoms with Crippen molar-refractivity contribution in [3.05, 3.63) is 72.4 Å². The number of pyridine rings is 1. The highest BCUT2D eigenvalue weighted by atomic mass is 28.3. The quantitative estimate of drug-likeness (QED) is 0.418. The first-order valence-electron chi connectivity index (χ1n) is 11.2. The summed E-state index contributed by atoms with van der Waals surface area (Å²) in [5, 5.41) is 1.63. The minimum Gasteiger partial charge on any atom is -0.256 e. The van der Waals surface area contributed by atoms with Gasteiger partial charge in [0.25, 0.3) is 0 Å². The summed E-state index contributed by atoms with van der Waals surface area (Å²) in [6.45, 7) is 7.27. The van der Waals surface area contributed by atoms with Gasteiger partial charge in [0.15, 0.2) is 0 Å². The highest BCUT2D eigenvalue weighted by Gasteiger charge is 2.33. The van der Waals surface area contributed by atoms with Gasteiger partial charge in [-0.25, -0.2) is 0 Å². The first-order chi connectivity index (χ1) is 14.0. The van der Waals surface area contributed by atoms with Gasteiger partial charge in [-0.05, 0) is 40.3 Å². The maximum absolute atomic E-state index is 4.97. The number of nitrogens with zero attached hydrogens (tertiary/aromatic N) is 1. The van der Waals surface area contributed by atoms with Crippen LogP contribution in [0.4, 0.5) is 0 Å². The van der Waals surface area contributed by atoms with E-state index >= 15 is 0 Å². The Hall–Kier alpha value is -2.19. The number of rotatable bonds is 5. The third-order valence-corrected chi connectivity index (χ3v) is 11.2. The summed E-state index contributed by atoms with van der Waals surface area (Å²) in [6.07, 6.45) is 7.66. The smallest absolute Gasteiger partial charge is 0.0860 e. The lowest BCUT2D eigenvalue weighted by atomic mass is 9.99. The zero-order chi connectivity index (χ0) is 20.3. The summed E-state index contributed by atoms with van der Waals surface area (Å²) < 4.78 is 0. The summed E-state index contributed by atoms with van der Waals surface area (Å²) in [4.78, 5) is 4.97. The third-order valence-electron chi connectivity index (χ3n) is 6.51. The van der Waals surface area contributed by atoms with Crippen molar-refractivity contribution in [2.24, 2.45) is 5.92 Å². The van der Waals surface area contributed by atoms with Crippen molar-refractivity contribution < 1.29 is 0 Å². The van der Waals surface area contributed by atoms with E-state index in [1.165, 1.54) is 48.0 Å². The van der Waals surface area contributed by atoms with Gasteiger partial charge >= 0.3 is 0 Å². The summed E-state index contributed by atoms with van der Waals surface area (Å²) in [6, 6.07) is 24.8. The molecule has 4 rings (SSSR count). The van der Waals surface area contributed by atoms with Gasteiger partial charge in [0.1, 0.15) is 0 Å². The fraction of sp³-hybridized carbons (Fsp3) is 0.370. The van der Waals surface area contributed by atoms with Crippen LogP contribution in [-0.2, 0) is 6.42 Å². The van der Waals surface area contributed by atoms with Crippen LogP contribution in [0.2, 0.25) is 18.6 Å². The van der Waals surface area contributed by atoms with Crippen LogP contribution in [0.1, 0.15) is 38.7 Å². The van der Waals surface area contributed by atoms with Crippen LogP contribution in [0.15, 0.2) is 66.9 Å². The molecule has 0 spiro atoms. The maximum atomic E-state index is 4.97. The van der Waals surface area contributed by atoms with Gasteiger partial charge < -0.3 is 0 Å². The Morgan fingerprint density at radius 3 is 2.10 bits per heavy atom. The fourth-order valence-electron chi connectivity index (χ4n) is 4.87. The summed E-state index contributed by atoms with van der Waals surface area (Å²) in [5.74, 6) is 0.672. The predicted octanol–water partition coefficient (Wildman–Crippen LogP) is 7.08. The molecule has 2 heterocycles. The molecule has 29 heavy (non-hydrogen) atoms. The highest BCUT2D eigenvalue weighted by Crippen LogP contribution is 2.31. The zero-order valence-electron chi connectivity index (χ0n) is 18.1. The lowest BCUT2D eigenvalue weighted by Crippen LogP contribution is -2.48. The molecule has 0 unspecified atom stereocenters. The summed E-state index contributed by atoms with van der Waals surface area (Å²) in [5.41, 5.74) is 6.43. The molecule has 0 bridgehead atoms. The molecular weight excluding hydrogens is 366 g/mol. The molecule has 0 aliphatic carbocycles. The van der Waals surface area contributed by atoms with E-state index in [1.54, 1.807) is 10.8 Å². The van der Waals surface area contributed by atoms with Crippen LogP contribution in [0, 0.1) is 5.92 Å².